The molecule has 2 aliphatic rings. The van der Waals surface area contributed by atoms with Gasteiger partial charge in [-0.05, 0) is 44.6 Å². The molecule has 6 nitrogen and oxygen atoms in total. The molecule has 2 aromatic heterocycles. The molecule has 4 rings (SSSR count). The second kappa shape index (κ2) is 6.15. The van der Waals surface area contributed by atoms with Crippen LogP contribution < -0.4 is 0 Å². The smallest absolute Gasteiger partial charge is 0.252 e. The normalized spacial score (nSPS) is 24.2. The van der Waals surface area contributed by atoms with E-state index in [0.717, 1.165) is 36.8 Å². The van der Waals surface area contributed by atoms with Crippen LogP contribution in [0.1, 0.15) is 49.3 Å². The number of carbonyl (C=O) groups is 1. The molecule has 1 saturated heterocycles. The zero-order valence-electron chi connectivity index (χ0n) is 14.5. The minimum Gasteiger partial charge on any atom is -0.342 e. The zero-order chi connectivity index (χ0) is 16.7. The van der Waals surface area contributed by atoms with E-state index in [-0.39, 0.29) is 12.3 Å². The molecule has 24 heavy (non-hydrogen) atoms. The van der Waals surface area contributed by atoms with E-state index < -0.39 is 0 Å². The Morgan fingerprint density at radius 3 is 2.79 bits per heavy atom. The summed E-state index contributed by atoms with van der Waals surface area (Å²) in [6.07, 6.45) is 6.76. The third-order valence-corrected chi connectivity index (χ3v) is 5.62. The van der Waals surface area contributed by atoms with Crippen LogP contribution >= 0.6 is 0 Å². The topological polar surface area (TPSA) is 63.4 Å². The third-order valence-electron chi connectivity index (χ3n) is 5.62. The van der Waals surface area contributed by atoms with Crippen LogP contribution in [0.4, 0.5) is 0 Å². The summed E-state index contributed by atoms with van der Waals surface area (Å²) in [4.78, 5) is 23.6. The number of nitrogens with zero attached hydrogens (tertiary/aromatic N) is 5. The fraction of sp³-hybridized carbons (Fsp3) is 0.667. The second-order valence-corrected chi connectivity index (χ2v) is 7.39. The number of likely N-dealkylation sites (tertiary alicyclic amines) is 1. The molecule has 2 aromatic rings. The molecule has 2 fully saturated rings. The van der Waals surface area contributed by atoms with Crippen LogP contribution in [0.2, 0.25) is 0 Å². The lowest BCUT2D eigenvalue weighted by atomic mass is 9.75. The van der Waals surface area contributed by atoms with Crippen LogP contribution in [0.5, 0.6) is 0 Å². The molecular weight excluding hydrogens is 302 g/mol. The van der Waals surface area contributed by atoms with Gasteiger partial charge in [-0.15, -0.1) is 5.10 Å². The standard InChI is InChI=1S/C18H25N5O/c1-12-9-13(2)23-18(19-12)20-16(21-23)10-17(24)22-8-7-14-5-3-4-6-15(14)11-22/h9,14-15H,3-8,10-11H2,1-2H3/t14-,15+/m1/s1. The first-order valence-electron chi connectivity index (χ1n) is 9.08. The lowest BCUT2D eigenvalue weighted by molar-refractivity contribution is -0.133. The highest BCUT2D eigenvalue weighted by Crippen LogP contribution is 2.36. The molecule has 0 radical (unpaired) electrons. The average Bonchev–Trinajstić information content (AvgIpc) is 2.97. The Hall–Kier alpha value is -1.98. The lowest BCUT2D eigenvalue weighted by Crippen LogP contribution is -2.45. The highest BCUT2D eigenvalue weighted by atomic mass is 16.2. The average molecular weight is 327 g/mol. The molecule has 6 heteroatoms. The van der Waals surface area contributed by atoms with E-state index in [2.05, 4.69) is 15.1 Å². The maximum Gasteiger partial charge on any atom is 0.252 e. The van der Waals surface area contributed by atoms with E-state index in [1.54, 1.807) is 4.52 Å². The van der Waals surface area contributed by atoms with Crippen LogP contribution in [-0.2, 0) is 11.2 Å². The van der Waals surface area contributed by atoms with Crippen molar-refractivity contribution in [1.29, 1.82) is 0 Å². The Labute approximate surface area is 142 Å². The van der Waals surface area contributed by atoms with Gasteiger partial charge in [-0.2, -0.15) is 4.98 Å². The minimum absolute atomic E-state index is 0.157. The van der Waals surface area contributed by atoms with Gasteiger partial charge in [0.05, 0.1) is 6.42 Å². The summed E-state index contributed by atoms with van der Waals surface area (Å²) in [6, 6.07) is 1.97. The molecule has 1 amide bonds. The molecule has 0 N–H and O–H groups in total. The van der Waals surface area contributed by atoms with Crippen molar-refractivity contribution >= 4 is 11.7 Å². The summed E-state index contributed by atoms with van der Waals surface area (Å²) in [5.74, 6) is 2.86. The van der Waals surface area contributed by atoms with Crippen molar-refractivity contribution in [2.75, 3.05) is 13.1 Å². The van der Waals surface area contributed by atoms with Gasteiger partial charge in [0.15, 0.2) is 5.82 Å². The lowest BCUT2D eigenvalue weighted by Gasteiger charge is -2.41. The molecule has 0 spiro atoms. The molecular formula is C18H25N5O. The van der Waals surface area contributed by atoms with Gasteiger partial charge in [0.2, 0.25) is 5.91 Å². The van der Waals surface area contributed by atoms with Crippen molar-refractivity contribution in [2.24, 2.45) is 11.8 Å². The van der Waals surface area contributed by atoms with E-state index in [1.807, 2.05) is 24.8 Å². The quantitative estimate of drug-likeness (QED) is 0.849. The monoisotopic (exact) mass is 327 g/mol. The van der Waals surface area contributed by atoms with E-state index in [1.165, 1.54) is 25.7 Å². The molecule has 3 heterocycles. The zero-order valence-corrected chi connectivity index (χ0v) is 14.5. The SMILES string of the molecule is Cc1cc(C)n2nc(CC(=O)N3CC[C@H]4CCCC[C@H]4C3)nc2n1. The first-order valence-corrected chi connectivity index (χ1v) is 9.08. The van der Waals surface area contributed by atoms with Crippen molar-refractivity contribution in [3.05, 3.63) is 23.3 Å². The predicted molar refractivity (Wildman–Crippen MR) is 90.6 cm³/mol. The van der Waals surface area contributed by atoms with E-state index in [0.29, 0.717) is 17.5 Å². The number of amides is 1. The van der Waals surface area contributed by atoms with Crippen LogP contribution in [0.3, 0.4) is 0 Å². The van der Waals surface area contributed by atoms with Crippen molar-refractivity contribution < 1.29 is 4.79 Å². The molecule has 1 aliphatic heterocycles. The van der Waals surface area contributed by atoms with E-state index in [9.17, 15) is 4.79 Å². The minimum atomic E-state index is 0.157. The summed E-state index contributed by atoms with van der Waals surface area (Å²) in [5, 5.41) is 4.47. The fourth-order valence-electron chi connectivity index (χ4n) is 4.36. The van der Waals surface area contributed by atoms with E-state index in [4.69, 9.17) is 0 Å². The summed E-state index contributed by atoms with van der Waals surface area (Å²) in [6.45, 7) is 5.74. The van der Waals surface area contributed by atoms with Gasteiger partial charge in [0, 0.05) is 24.5 Å². The van der Waals surface area contributed by atoms with Crippen LogP contribution in [-0.4, -0.2) is 43.5 Å². The first-order chi connectivity index (χ1) is 11.6. The van der Waals surface area contributed by atoms with Gasteiger partial charge in [0.1, 0.15) is 0 Å². The van der Waals surface area contributed by atoms with Gasteiger partial charge in [0.25, 0.3) is 5.78 Å². The number of aryl methyl sites for hydroxylation is 2. The maximum atomic E-state index is 12.7. The summed E-state index contributed by atoms with van der Waals surface area (Å²) in [5.41, 5.74) is 1.91. The number of piperidine rings is 1. The summed E-state index contributed by atoms with van der Waals surface area (Å²) in [7, 11) is 0. The Bertz CT molecular complexity index is 768. The van der Waals surface area contributed by atoms with Crippen molar-refractivity contribution in [3.63, 3.8) is 0 Å². The molecule has 0 unspecified atom stereocenters. The molecule has 0 bridgehead atoms. The summed E-state index contributed by atoms with van der Waals surface area (Å²) < 4.78 is 1.73. The van der Waals surface area contributed by atoms with Gasteiger partial charge in [-0.25, -0.2) is 9.50 Å². The first kappa shape index (κ1) is 15.5. The van der Waals surface area contributed by atoms with Crippen LogP contribution in [0.15, 0.2) is 6.07 Å². The molecule has 128 valence electrons. The molecule has 1 aliphatic carbocycles. The third kappa shape index (κ3) is 2.89. The van der Waals surface area contributed by atoms with Gasteiger partial charge in [-0.1, -0.05) is 19.3 Å². The Kier molecular flexibility index (Phi) is 3.98. The fourth-order valence-corrected chi connectivity index (χ4v) is 4.36. The maximum absolute atomic E-state index is 12.7. The van der Waals surface area contributed by atoms with Crippen molar-refractivity contribution in [3.8, 4) is 0 Å². The van der Waals surface area contributed by atoms with Gasteiger partial charge >= 0.3 is 0 Å². The highest BCUT2D eigenvalue weighted by molar-refractivity contribution is 5.78. The molecule has 1 saturated carbocycles. The highest BCUT2D eigenvalue weighted by Gasteiger charge is 2.33. The number of hydrogen-bond acceptors (Lipinski definition) is 4. The predicted octanol–water partition coefficient (Wildman–Crippen LogP) is 2.32. The van der Waals surface area contributed by atoms with E-state index >= 15 is 0 Å². The van der Waals surface area contributed by atoms with Crippen LogP contribution in [0.25, 0.3) is 5.78 Å². The largest absolute Gasteiger partial charge is 0.342 e. The number of hydrogen-bond donors (Lipinski definition) is 0. The number of rotatable bonds is 2. The Morgan fingerprint density at radius 1 is 1.17 bits per heavy atom. The molecule has 2 atom stereocenters. The Balaban J connectivity index is 1.47. The van der Waals surface area contributed by atoms with Crippen LogP contribution in [0, 0.1) is 25.7 Å². The van der Waals surface area contributed by atoms with Gasteiger partial charge < -0.3 is 4.90 Å². The second-order valence-electron chi connectivity index (χ2n) is 7.39. The van der Waals surface area contributed by atoms with Gasteiger partial charge in [-0.3, -0.25) is 4.79 Å². The van der Waals surface area contributed by atoms with Crippen molar-refractivity contribution in [2.45, 2.75) is 52.4 Å². The molecule has 0 aromatic carbocycles. The number of carbonyl (C=O) groups excluding carboxylic acids is 1. The number of aromatic nitrogens is 4. The number of fused-ring (bicyclic) bond motifs is 2. The Morgan fingerprint density at radius 2 is 1.96 bits per heavy atom. The van der Waals surface area contributed by atoms with Crippen molar-refractivity contribution in [1.82, 2.24) is 24.5 Å². The summed E-state index contributed by atoms with van der Waals surface area (Å²) >= 11 is 0.